The zero-order chi connectivity index (χ0) is 13.1. The van der Waals surface area contributed by atoms with Crippen molar-refractivity contribution in [2.75, 3.05) is 19.6 Å². The van der Waals surface area contributed by atoms with Gasteiger partial charge in [0.1, 0.15) is 0 Å². The highest BCUT2D eigenvalue weighted by atomic mass is 15.3. The average Bonchev–Trinajstić information content (AvgIpc) is 2.31. The lowest BCUT2D eigenvalue weighted by molar-refractivity contribution is 0.0237. The molecule has 0 amide bonds. The molecule has 102 valence electrons. The summed E-state index contributed by atoms with van der Waals surface area (Å²) in [5.74, 6) is 0. The number of hydrogen-bond donors (Lipinski definition) is 1. The topological polar surface area (TPSA) is 15.3 Å². The molecule has 1 atom stereocenters. The van der Waals surface area contributed by atoms with Crippen molar-refractivity contribution in [2.24, 2.45) is 5.41 Å². The van der Waals surface area contributed by atoms with Gasteiger partial charge in [-0.25, -0.2) is 0 Å². The molecule has 0 bridgehead atoms. The van der Waals surface area contributed by atoms with Crippen LogP contribution in [-0.4, -0.2) is 36.1 Å². The van der Waals surface area contributed by atoms with Crippen molar-refractivity contribution >= 4 is 0 Å². The van der Waals surface area contributed by atoms with Gasteiger partial charge in [-0.1, -0.05) is 41.5 Å². The predicted molar refractivity (Wildman–Crippen MR) is 76.4 cm³/mol. The third kappa shape index (κ3) is 3.23. The van der Waals surface area contributed by atoms with Crippen molar-refractivity contribution in [2.45, 2.75) is 72.4 Å². The number of piperazine rings is 1. The van der Waals surface area contributed by atoms with Gasteiger partial charge in [0.05, 0.1) is 0 Å². The van der Waals surface area contributed by atoms with E-state index in [0.29, 0.717) is 17.0 Å². The Morgan fingerprint density at radius 2 is 1.59 bits per heavy atom. The van der Waals surface area contributed by atoms with Gasteiger partial charge in [-0.05, 0) is 24.7 Å². The molecule has 0 aromatic carbocycles. The fourth-order valence-electron chi connectivity index (χ4n) is 3.18. The van der Waals surface area contributed by atoms with Crippen LogP contribution < -0.4 is 5.32 Å². The third-order valence-corrected chi connectivity index (χ3v) is 4.87. The maximum absolute atomic E-state index is 3.69. The first kappa shape index (κ1) is 15.0. The van der Waals surface area contributed by atoms with Gasteiger partial charge in [0.15, 0.2) is 0 Å². The van der Waals surface area contributed by atoms with E-state index in [1.165, 1.54) is 32.4 Å². The van der Waals surface area contributed by atoms with Crippen LogP contribution in [0.3, 0.4) is 0 Å². The lowest BCUT2D eigenvalue weighted by Gasteiger charge is -2.49. The first-order chi connectivity index (χ1) is 7.89. The Bertz CT molecular complexity index is 217. The molecule has 1 heterocycles. The number of nitrogens with zero attached hydrogens (tertiary/aromatic N) is 1. The first-order valence-electron chi connectivity index (χ1n) is 7.38. The fraction of sp³-hybridized carbons (Fsp3) is 1.00. The summed E-state index contributed by atoms with van der Waals surface area (Å²) in [6.07, 6.45) is 3.82. The predicted octanol–water partition coefficient (Wildman–Crippen LogP) is 3.28. The van der Waals surface area contributed by atoms with E-state index in [9.17, 15) is 0 Å². The molecule has 2 nitrogen and oxygen atoms in total. The second-order valence-electron chi connectivity index (χ2n) is 6.60. The van der Waals surface area contributed by atoms with Gasteiger partial charge in [-0.2, -0.15) is 0 Å². The van der Waals surface area contributed by atoms with Crippen LogP contribution in [-0.2, 0) is 0 Å². The van der Waals surface area contributed by atoms with Crippen LogP contribution in [0.4, 0.5) is 0 Å². The van der Waals surface area contributed by atoms with Crippen LogP contribution in [0.2, 0.25) is 0 Å². The number of hydrogen-bond acceptors (Lipinski definition) is 2. The van der Waals surface area contributed by atoms with E-state index in [-0.39, 0.29) is 0 Å². The molecule has 1 N–H and O–H groups in total. The largest absolute Gasteiger partial charge is 0.311 e. The van der Waals surface area contributed by atoms with E-state index in [2.05, 4.69) is 51.8 Å². The quantitative estimate of drug-likeness (QED) is 0.811. The summed E-state index contributed by atoms with van der Waals surface area (Å²) in [6.45, 7) is 17.6. The van der Waals surface area contributed by atoms with Crippen LogP contribution in [0.15, 0.2) is 0 Å². The zero-order valence-corrected chi connectivity index (χ0v) is 12.8. The molecule has 1 aliphatic heterocycles. The molecule has 0 aromatic heterocycles. The van der Waals surface area contributed by atoms with Crippen LogP contribution in [0.25, 0.3) is 0 Å². The minimum Gasteiger partial charge on any atom is -0.311 e. The Hall–Kier alpha value is -0.0800. The van der Waals surface area contributed by atoms with Crippen molar-refractivity contribution in [3.05, 3.63) is 0 Å². The van der Waals surface area contributed by atoms with E-state index in [1.54, 1.807) is 0 Å². The fourth-order valence-corrected chi connectivity index (χ4v) is 3.18. The Morgan fingerprint density at radius 1 is 1.06 bits per heavy atom. The molecule has 0 aromatic rings. The van der Waals surface area contributed by atoms with E-state index in [4.69, 9.17) is 0 Å². The lowest BCUT2D eigenvalue weighted by Crippen LogP contribution is -2.62. The molecule has 1 saturated heterocycles. The van der Waals surface area contributed by atoms with Crippen LogP contribution in [0.5, 0.6) is 0 Å². The molecule has 1 unspecified atom stereocenters. The molecule has 0 radical (unpaired) electrons. The van der Waals surface area contributed by atoms with Gasteiger partial charge in [0, 0.05) is 31.2 Å². The molecule has 1 aliphatic rings. The summed E-state index contributed by atoms with van der Waals surface area (Å²) in [5, 5.41) is 3.69. The second kappa shape index (κ2) is 5.71. The average molecular weight is 240 g/mol. The molecule has 2 heteroatoms. The lowest BCUT2D eigenvalue weighted by atomic mass is 9.81. The normalized spacial score (nSPS) is 24.0. The maximum Gasteiger partial charge on any atom is 0.0244 e. The molecule has 0 saturated carbocycles. The monoisotopic (exact) mass is 240 g/mol. The summed E-state index contributed by atoms with van der Waals surface area (Å²) >= 11 is 0. The van der Waals surface area contributed by atoms with E-state index >= 15 is 0 Å². The second-order valence-corrected chi connectivity index (χ2v) is 6.60. The minimum atomic E-state index is 0.361. The van der Waals surface area contributed by atoms with Crippen LogP contribution >= 0.6 is 0 Å². The highest BCUT2D eigenvalue weighted by molar-refractivity contribution is 4.95. The van der Waals surface area contributed by atoms with Crippen molar-refractivity contribution in [3.63, 3.8) is 0 Å². The summed E-state index contributed by atoms with van der Waals surface area (Å²) in [4.78, 5) is 2.75. The Balaban J connectivity index is 2.77. The van der Waals surface area contributed by atoms with Gasteiger partial charge < -0.3 is 5.32 Å². The van der Waals surface area contributed by atoms with E-state index < -0.39 is 0 Å². The van der Waals surface area contributed by atoms with Gasteiger partial charge in [-0.3, -0.25) is 4.90 Å². The maximum atomic E-state index is 3.69. The van der Waals surface area contributed by atoms with Gasteiger partial charge in [0.25, 0.3) is 0 Å². The summed E-state index contributed by atoms with van der Waals surface area (Å²) in [7, 11) is 0. The van der Waals surface area contributed by atoms with Crippen molar-refractivity contribution < 1.29 is 0 Å². The highest BCUT2D eigenvalue weighted by Gasteiger charge is 2.37. The summed E-state index contributed by atoms with van der Waals surface area (Å²) in [5.41, 5.74) is 0.797. The Morgan fingerprint density at radius 3 is 2.00 bits per heavy atom. The van der Waals surface area contributed by atoms with Crippen molar-refractivity contribution in [3.8, 4) is 0 Å². The van der Waals surface area contributed by atoms with Gasteiger partial charge in [0.2, 0.25) is 0 Å². The van der Waals surface area contributed by atoms with Gasteiger partial charge >= 0.3 is 0 Å². The summed E-state index contributed by atoms with van der Waals surface area (Å²) < 4.78 is 0. The third-order valence-electron chi connectivity index (χ3n) is 4.87. The minimum absolute atomic E-state index is 0.361. The standard InChI is InChI=1S/C15H32N2/c1-7-15(8-2,9-3)17-11-10-16-13(12-17)14(4,5)6/h13,16H,7-12H2,1-6H3. The molecule has 0 spiro atoms. The van der Waals surface area contributed by atoms with E-state index in [0.717, 1.165) is 6.54 Å². The molecule has 17 heavy (non-hydrogen) atoms. The highest BCUT2D eigenvalue weighted by Crippen LogP contribution is 2.31. The van der Waals surface area contributed by atoms with Crippen molar-refractivity contribution in [1.82, 2.24) is 10.2 Å². The summed E-state index contributed by atoms with van der Waals surface area (Å²) in [6, 6.07) is 0.625. The Kier molecular flexibility index (Phi) is 5.03. The SMILES string of the molecule is CCC(CC)(CC)N1CCNC(C(C)(C)C)C1. The van der Waals surface area contributed by atoms with Gasteiger partial charge in [-0.15, -0.1) is 0 Å². The van der Waals surface area contributed by atoms with Crippen molar-refractivity contribution in [1.29, 1.82) is 0 Å². The Labute approximate surface area is 108 Å². The smallest absolute Gasteiger partial charge is 0.0244 e. The molecule has 1 fully saturated rings. The van der Waals surface area contributed by atoms with Crippen LogP contribution in [0.1, 0.15) is 60.8 Å². The molecule has 0 aliphatic carbocycles. The van der Waals surface area contributed by atoms with Crippen LogP contribution in [0, 0.1) is 5.41 Å². The van der Waals surface area contributed by atoms with E-state index in [1.807, 2.05) is 0 Å². The molecular weight excluding hydrogens is 208 g/mol. The number of nitrogens with one attached hydrogen (secondary N) is 1. The number of rotatable bonds is 4. The molecular formula is C15H32N2. The first-order valence-corrected chi connectivity index (χ1v) is 7.38. The zero-order valence-electron chi connectivity index (χ0n) is 12.8. The molecule has 1 rings (SSSR count).